The van der Waals surface area contributed by atoms with Crippen LogP contribution in [0.3, 0.4) is 0 Å². The molecule has 10 heteroatoms. The number of rotatable bonds is 7. The molecule has 0 radical (unpaired) electrons. The van der Waals surface area contributed by atoms with Gasteiger partial charge in [0.1, 0.15) is 15.7 Å². The number of benzene rings is 3. The van der Waals surface area contributed by atoms with Crippen LogP contribution in [0.5, 0.6) is 5.75 Å². The van der Waals surface area contributed by atoms with E-state index in [2.05, 4.69) is 43.0 Å². The number of aliphatic hydroxyl groups is 1. The van der Waals surface area contributed by atoms with Crippen LogP contribution in [0.25, 0.3) is 0 Å². The van der Waals surface area contributed by atoms with E-state index in [1.807, 2.05) is 31.2 Å². The summed E-state index contributed by atoms with van der Waals surface area (Å²) in [6, 6.07) is 20.6. The molecule has 0 spiro atoms. The van der Waals surface area contributed by atoms with Gasteiger partial charge < -0.3 is 14.7 Å². The molecule has 0 bridgehead atoms. The second-order valence-electron chi connectivity index (χ2n) is 10.2. The van der Waals surface area contributed by atoms with Crippen molar-refractivity contribution in [3.63, 3.8) is 0 Å². The van der Waals surface area contributed by atoms with E-state index >= 15 is 0 Å². The molecule has 1 saturated carbocycles. The van der Waals surface area contributed by atoms with Gasteiger partial charge in [0, 0.05) is 24.0 Å². The first kappa shape index (κ1) is 28.4. The highest BCUT2D eigenvalue weighted by atomic mass is 32.2. The van der Waals surface area contributed by atoms with Crippen molar-refractivity contribution in [1.82, 2.24) is 4.72 Å². The van der Waals surface area contributed by atoms with E-state index in [1.54, 1.807) is 0 Å². The maximum Gasteiger partial charge on any atom is 0.573 e. The van der Waals surface area contributed by atoms with E-state index in [4.69, 9.17) is 0 Å². The standard InChI is InChI=1S/C30H34F3N3O3S/c1-2-20-34-40(38,24-18-16-23(17-19-24)39-30(31,32)33)35-25-10-7-13-28(29(25)37)36-26-11-5-3-8-21(26)14-15-22-9-4-6-12-27(22)36/h3-6,8-9,11-12,16-19,25,28-29,37H,2,7,10,13-15,20H2,1H3,(H,34,35,38)/t25-,28+,29-,40?/m0/s1. The number of aryl methyl sites for hydroxylation is 2. The summed E-state index contributed by atoms with van der Waals surface area (Å²) in [5.74, 6) is -0.398. The largest absolute Gasteiger partial charge is 0.573 e. The van der Waals surface area contributed by atoms with Gasteiger partial charge in [-0.2, -0.15) is 0 Å². The molecule has 5 rings (SSSR count). The molecule has 2 N–H and O–H groups in total. The van der Waals surface area contributed by atoms with Gasteiger partial charge in [-0.05, 0) is 86.1 Å². The third kappa shape index (κ3) is 6.14. The van der Waals surface area contributed by atoms with E-state index in [0.29, 0.717) is 19.4 Å². The van der Waals surface area contributed by atoms with Gasteiger partial charge in [0.2, 0.25) is 0 Å². The molecule has 3 aromatic rings. The number of alkyl halides is 3. The summed E-state index contributed by atoms with van der Waals surface area (Å²) in [4.78, 5) is 2.49. The smallest absolute Gasteiger partial charge is 0.406 e. The Balaban J connectivity index is 1.46. The zero-order valence-corrected chi connectivity index (χ0v) is 23.1. The minimum atomic E-state index is -4.82. The molecule has 1 aliphatic heterocycles. The third-order valence-corrected chi connectivity index (χ3v) is 9.58. The lowest BCUT2D eigenvalue weighted by Crippen LogP contribution is -2.55. The Morgan fingerprint density at radius 3 is 2.15 bits per heavy atom. The average Bonchev–Trinajstić information content (AvgIpc) is 3.10. The first-order valence-corrected chi connectivity index (χ1v) is 15.2. The quantitative estimate of drug-likeness (QED) is 0.336. The lowest BCUT2D eigenvalue weighted by molar-refractivity contribution is -0.274. The minimum absolute atomic E-state index is 0.246. The zero-order valence-electron chi connectivity index (χ0n) is 22.3. The fourth-order valence-corrected chi connectivity index (χ4v) is 7.64. The van der Waals surface area contributed by atoms with E-state index in [1.165, 1.54) is 23.3 Å². The summed E-state index contributed by atoms with van der Waals surface area (Å²) >= 11 is 0. The predicted octanol–water partition coefficient (Wildman–Crippen LogP) is 6.55. The fraction of sp³-hybridized carbons (Fsp3) is 0.400. The molecule has 0 saturated heterocycles. The van der Waals surface area contributed by atoms with Crippen molar-refractivity contribution in [2.75, 3.05) is 11.4 Å². The van der Waals surface area contributed by atoms with E-state index in [9.17, 15) is 22.5 Å². The third-order valence-electron chi connectivity index (χ3n) is 7.50. The molecule has 1 fully saturated rings. The van der Waals surface area contributed by atoms with Gasteiger partial charge in [-0.25, -0.2) is 13.3 Å². The lowest BCUT2D eigenvalue weighted by atomic mass is 9.86. The Labute approximate surface area is 233 Å². The molecular weight excluding hydrogens is 539 g/mol. The maximum atomic E-state index is 14.2. The van der Waals surface area contributed by atoms with Gasteiger partial charge in [-0.3, -0.25) is 0 Å². The normalized spacial score (nSPS) is 22.4. The summed E-state index contributed by atoms with van der Waals surface area (Å²) in [6.45, 7) is 2.20. The Bertz CT molecular complexity index is 1390. The number of halogens is 3. The monoisotopic (exact) mass is 573 g/mol. The lowest BCUT2D eigenvalue weighted by Gasteiger charge is -2.43. The summed E-state index contributed by atoms with van der Waals surface area (Å²) in [6.07, 6.45) is -1.13. The van der Waals surface area contributed by atoms with Crippen molar-refractivity contribution in [2.45, 2.75) is 74.9 Å². The highest BCUT2D eigenvalue weighted by molar-refractivity contribution is 7.91. The Hall–Kier alpha value is -3.08. The number of nitrogens with one attached hydrogen (secondary N) is 1. The molecule has 3 aromatic carbocycles. The van der Waals surface area contributed by atoms with E-state index < -0.39 is 34.2 Å². The fourth-order valence-electron chi connectivity index (χ4n) is 5.67. The number of ether oxygens (including phenoxy) is 1. The molecule has 0 amide bonds. The average molecular weight is 574 g/mol. The number of para-hydroxylation sites is 2. The van der Waals surface area contributed by atoms with Gasteiger partial charge >= 0.3 is 6.36 Å². The first-order chi connectivity index (χ1) is 19.2. The number of hydrogen-bond acceptors (Lipinski definition) is 5. The summed E-state index contributed by atoms with van der Waals surface area (Å²) in [5, 5.41) is 11.8. The van der Waals surface area contributed by atoms with Crippen molar-refractivity contribution < 1.29 is 27.2 Å². The van der Waals surface area contributed by atoms with Gasteiger partial charge in [0.25, 0.3) is 0 Å². The van der Waals surface area contributed by atoms with Gasteiger partial charge in [0.05, 0.1) is 17.0 Å². The van der Waals surface area contributed by atoms with Crippen molar-refractivity contribution in [2.24, 2.45) is 4.36 Å². The van der Waals surface area contributed by atoms with Crippen LogP contribution in [0.2, 0.25) is 0 Å². The summed E-state index contributed by atoms with van der Waals surface area (Å²) in [7, 11) is -3.25. The highest BCUT2D eigenvalue weighted by Crippen LogP contribution is 2.41. The number of anilines is 2. The molecule has 214 valence electrons. The Kier molecular flexibility index (Phi) is 8.39. The molecule has 6 nitrogen and oxygen atoms in total. The van der Waals surface area contributed by atoms with Gasteiger partial charge in [-0.15, -0.1) is 13.2 Å². The zero-order chi connectivity index (χ0) is 28.3. The Morgan fingerprint density at radius 1 is 0.975 bits per heavy atom. The summed E-state index contributed by atoms with van der Waals surface area (Å²) in [5.41, 5.74) is 4.55. The molecule has 4 atom stereocenters. The molecular formula is C30H34F3N3O3S. The van der Waals surface area contributed by atoms with Crippen molar-refractivity contribution in [1.29, 1.82) is 0 Å². The maximum absolute atomic E-state index is 14.2. The molecule has 1 unspecified atom stereocenters. The number of fused-ring (bicyclic) bond motifs is 2. The molecule has 1 heterocycles. The summed E-state index contributed by atoms with van der Waals surface area (Å²) < 4.78 is 63.8. The van der Waals surface area contributed by atoms with E-state index in [-0.39, 0.29) is 10.9 Å². The van der Waals surface area contributed by atoms with Crippen molar-refractivity contribution >= 4 is 21.3 Å². The molecule has 2 aliphatic rings. The van der Waals surface area contributed by atoms with Crippen LogP contribution in [0.4, 0.5) is 24.5 Å². The van der Waals surface area contributed by atoms with Gasteiger partial charge in [-0.1, -0.05) is 43.3 Å². The topological polar surface area (TPSA) is 74.2 Å². The van der Waals surface area contributed by atoms with Crippen LogP contribution < -0.4 is 14.4 Å². The molecule has 1 aliphatic carbocycles. The van der Waals surface area contributed by atoms with Crippen molar-refractivity contribution in [3.05, 3.63) is 83.9 Å². The molecule has 0 aromatic heterocycles. The number of hydrogen-bond donors (Lipinski definition) is 2. The Morgan fingerprint density at radius 2 is 1.57 bits per heavy atom. The van der Waals surface area contributed by atoms with Crippen LogP contribution >= 0.6 is 0 Å². The minimum Gasteiger partial charge on any atom is -0.406 e. The second-order valence-corrected chi connectivity index (χ2v) is 12.3. The SMILES string of the molecule is CCCN=S(=O)(N[C@H]1CCC[C@@H](N2c3ccccc3CCc3ccccc32)[C@H]1O)c1ccc(OC(F)(F)F)cc1. The first-order valence-electron chi connectivity index (χ1n) is 13.7. The predicted molar refractivity (Wildman–Crippen MR) is 150 cm³/mol. The van der Waals surface area contributed by atoms with Crippen LogP contribution in [-0.4, -0.2) is 40.4 Å². The number of nitrogens with zero attached hydrogens (tertiary/aromatic N) is 2. The van der Waals surface area contributed by atoms with Crippen LogP contribution in [-0.2, 0) is 22.8 Å². The number of aliphatic hydroxyl groups excluding tert-OH is 1. The van der Waals surface area contributed by atoms with E-state index in [0.717, 1.165) is 49.2 Å². The highest BCUT2D eigenvalue weighted by Gasteiger charge is 2.39. The molecule has 40 heavy (non-hydrogen) atoms. The van der Waals surface area contributed by atoms with Crippen molar-refractivity contribution in [3.8, 4) is 5.75 Å². The van der Waals surface area contributed by atoms with Crippen LogP contribution in [0.15, 0.2) is 82.1 Å². The van der Waals surface area contributed by atoms with Crippen LogP contribution in [0, 0.1) is 0 Å². The van der Waals surface area contributed by atoms with Gasteiger partial charge in [0.15, 0.2) is 0 Å². The van der Waals surface area contributed by atoms with Crippen LogP contribution in [0.1, 0.15) is 43.7 Å². The second kappa shape index (κ2) is 11.8.